The van der Waals surface area contributed by atoms with Crippen LogP contribution in [0.5, 0.6) is 0 Å². The van der Waals surface area contributed by atoms with Gasteiger partial charge in [0.2, 0.25) is 11.8 Å². The average Bonchev–Trinajstić information content (AvgIpc) is 2.50. The van der Waals surface area contributed by atoms with Gasteiger partial charge in [0.15, 0.2) is 0 Å². The van der Waals surface area contributed by atoms with E-state index in [-0.39, 0.29) is 11.8 Å². The molecular weight excluding hydrogens is 284 g/mol. The molecule has 2 amide bonds. The third-order valence-corrected chi connectivity index (χ3v) is 4.86. The second kappa shape index (κ2) is 8.72. The van der Waals surface area contributed by atoms with E-state index in [0.717, 1.165) is 5.56 Å². The normalized spacial score (nSPS) is 13.6. The van der Waals surface area contributed by atoms with Crippen LogP contribution in [-0.4, -0.2) is 29.9 Å². The first-order valence-electron chi connectivity index (χ1n) is 7.13. The van der Waals surface area contributed by atoms with Crippen molar-refractivity contribution in [1.82, 2.24) is 10.6 Å². The van der Waals surface area contributed by atoms with Crippen LogP contribution in [0.25, 0.3) is 0 Å². The van der Waals surface area contributed by atoms with Crippen LogP contribution >= 0.6 is 11.8 Å². The van der Waals surface area contributed by atoms with E-state index in [1.54, 1.807) is 18.8 Å². The molecule has 0 bridgehead atoms. The lowest BCUT2D eigenvalue weighted by Crippen LogP contribution is -2.40. The monoisotopic (exact) mass is 308 g/mol. The summed E-state index contributed by atoms with van der Waals surface area (Å²) in [6.07, 6.45) is 0. The number of benzene rings is 1. The Morgan fingerprint density at radius 3 is 2.29 bits per heavy atom. The highest BCUT2D eigenvalue weighted by molar-refractivity contribution is 8.00. The number of rotatable bonds is 7. The largest absolute Gasteiger partial charge is 0.357 e. The van der Waals surface area contributed by atoms with E-state index in [4.69, 9.17) is 0 Å². The molecule has 0 saturated heterocycles. The summed E-state index contributed by atoms with van der Waals surface area (Å²) in [5, 5.41) is 5.81. The molecule has 0 aromatic heterocycles. The Balaban J connectivity index is 2.66. The topological polar surface area (TPSA) is 58.2 Å². The Hall–Kier alpha value is -1.49. The molecule has 0 saturated carbocycles. The van der Waals surface area contributed by atoms with Gasteiger partial charge in [-0.1, -0.05) is 51.1 Å². The molecule has 0 aliphatic rings. The van der Waals surface area contributed by atoms with E-state index in [1.165, 1.54) is 0 Å². The van der Waals surface area contributed by atoms with Gasteiger partial charge in [-0.15, -0.1) is 11.8 Å². The summed E-state index contributed by atoms with van der Waals surface area (Å²) >= 11 is 1.61. The number of nitrogens with one attached hydrogen (secondary N) is 2. The maximum absolute atomic E-state index is 12.1. The zero-order valence-electron chi connectivity index (χ0n) is 13.1. The molecule has 5 heteroatoms. The SMILES string of the molecule is CNC(=O)[C@H](NC(=O)CS[C@H](C)C(C)C)c1ccccc1. The lowest BCUT2D eigenvalue weighted by atomic mass is 10.1. The summed E-state index contributed by atoms with van der Waals surface area (Å²) in [6, 6.07) is 8.62. The zero-order chi connectivity index (χ0) is 15.8. The molecule has 1 rings (SSSR count). The number of likely N-dealkylation sites (N-methyl/N-ethyl adjacent to an activating group) is 1. The minimum absolute atomic E-state index is 0.120. The number of amides is 2. The van der Waals surface area contributed by atoms with Gasteiger partial charge in [0, 0.05) is 12.3 Å². The molecule has 0 radical (unpaired) electrons. The number of carbonyl (C=O) groups is 2. The lowest BCUT2D eigenvalue weighted by molar-refractivity contribution is -0.127. The Bertz CT molecular complexity index is 463. The molecule has 1 aromatic rings. The van der Waals surface area contributed by atoms with Gasteiger partial charge in [-0.2, -0.15) is 0 Å². The van der Waals surface area contributed by atoms with E-state index in [9.17, 15) is 9.59 Å². The van der Waals surface area contributed by atoms with Crippen LogP contribution in [0.1, 0.15) is 32.4 Å². The lowest BCUT2D eigenvalue weighted by Gasteiger charge is -2.19. The number of hydrogen-bond donors (Lipinski definition) is 2. The molecule has 2 N–H and O–H groups in total. The fourth-order valence-corrected chi connectivity index (χ4v) is 2.57. The molecule has 0 fully saturated rings. The average molecular weight is 308 g/mol. The van der Waals surface area contributed by atoms with E-state index < -0.39 is 6.04 Å². The molecule has 1 aromatic carbocycles. The number of thioether (sulfide) groups is 1. The maximum Gasteiger partial charge on any atom is 0.246 e. The third-order valence-electron chi connectivity index (χ3n) is 3.36. The maximum atomic E-state index is 12.1. The van der Waals surface area contributed by atoms with Crippen molar-refractivity contribution in [2.24, 2.45) is 5.92 Å². The van der Waals surface area contributed by atoms with Gasteiger partial charge in [-0.3, -0.25) is 9.59 Å². The standard InChI is InChI=1S/C16H24N2O2S/c1-11(2)12(3)21-10-14(19)18-15(16(20)17-4)13-8-6-5-7-9-13/h5-9,11-12,15H,10H2,1-4H3,(H,17,20)(H,18,19)/t12-,15-/m1/s1. The Labute approximate surface area is 131 Å². The van der Waals surface area contributed by atoms with E-state index in [2.05, 4.69) is 31.4 Å². The first-order valence-corrected chi connectivity index (χ1v) is 8.18. The molecule has 0 unspecified atom stereocenters. The van der Waals surface area contributed by atoms with Crippen molar-refractivity contribution in [3.8, 4) is 0 Å². The first-order chi connectivity index (χ1) is 9.95. The van der Waals surface area contributed by atoms with Crippen LogP contribution in [-0.2, 0) is 9.59 Å². The second-order valence-corrected chi connectivity index (χ2v) is 6.65. The highest BCUT2D eigenvalue weighted by atomic mass is 32.2. The quantitative estimate of drug-likeness (QED) is 0.813. The molecule has 21 heavy (non-hydrogen) atoms. The van der Waals surface area contributed by atoms with Crippen molar-refractivity contribution in [2.75, 3.05) is 12.8 Å². The first kappa shape index (κ1) is 17.6. The van der Waals surface area contributed by atoms with Gasteiger partial charge in [-0.05, 0) is 11.5 Å². The molecule has 2 atom stereocenters. The van der Waals surface area contributed by atoms with Crippen molar-refractivity contribution >= 4 is 23.6 Å². The van der Waals surface area contributed by atoms with Crippen LogP contribution in [0.2, 0.25) is 0 Å². The predicted molar refractivity (Wildman–Crippen MR) is 88.2 cm³/mol. The third kappa shape index (κ3) is 5.79. The van der Waals surface area contributed by atoms with Crippen molar-refractivity contribution in [3.05, 3.63) is 35.9 Å². The van der Waals surface area contributed by atoms with E-state index >= 15 is 0 Å². The van der Waals surface area contributed by atoms with Crippen LogP contribution < -0.4 is 10.6 Å². The van der Waals surface area contributed by atoms with Crippen molar-refractivity contribution in [1.29, 1.82) is 0 Å². The molecule has 0 aliphatic carbocycles. The summed E-state index contributed by atoms with van der Waals surface area (Å²) in [7, 11) is 1.57. The Kier molecular flexibility index (Phi) is 7.29. The van der Waals surface area contributed by atoms with Crippen LogP contribution in [0.4, 0.5) is 0 Å². The minimum atomic E-state index is -0.640. The minimum Gasteiger partial charge on any atom is -0.357 e. The number of hydrogen-bond acceptors (Lipinski definition) is 3. The van der Waals surface area contributed by atoms with Crippen LogP contribution in [0, 0.1) is 5.92 Å². The predicted octanol–water partition coefficient (Wildman–Crippen LogP) is 2.37. The van der Waals surface area contributed by atoms with Crippen LogP contribution in [0.15, 0.2) is 30.3 Å². The van der Waals surface area contributed by atoms with Crippen molar-refractivity contribution in [2.45, 2.75) is 32.1 Å². The molecule has 116 valence electrons. The second-order valence-electron chi connectivity index (χ2n) is 5.29. The fraction of sp³-hybridized carbons (Fsp3) is 0.500. The highest BCUT2D eigenvalue weighted by Gasteiger charge is 2.21. The van der Waals surface area contributed by atoms with Crippen molar-refractivity contribution < 1.29 is 9.59 Å². The van der Waals surface area contributed by atoms with Gasteiger partial charge >= 0.3 is 0 Å². The zero-order valence-corrected chi connectivity index (χ0v) is 13.9. The van der Waals surface area contributed by atoms with Gasteiger partial charge in [-0.25, -0.2) is 0 Å². The number of carbonyl (C=O) groups excluding carboxylic acids is 2. The van der Waals surface area contributed by atoms with Crippen LogP contribution in [0.3, 0.4) is 0 Å². The summed E-state index contributed by atoms with van der Waals surface area (Å²) in [4.78, 5) is 24.0. The molecular formula is C16H24N2O2S. The summed E-state index contributed by atoms with van der Waals surface area (Å²) in [6.45, 7) is 6.37. The van der Waals surface area contributed by atoms with Crippen molar-refractivity contribution in [3.63, 3.8) is 0 Å². The smallest absolute Gasteiger partial charge is 0.246 e. The Morgan fingerprint density at radius 1 is 1.14 bits per heavy atom. The highest BCUT2D eigenvalue weighted by Crippen LogP contribution is 2.19. The summed E-state index contributed by atoms with van der Waals surface area (Å²) in [5.74, 6) is 0.549. The molecule has 0 heterocycles. The van der Waals surface area contributed by atoms with Gasteiger partial charge in [0.25, 0.3) is 0 Å². The molecule has 0 spiro atoms. The summed E-state index contributed by atoms with van der Waals surface area (Å²) < 4.78 is 0. The molecule has 4 nitrogen and oxygen atoms in total. The fourth-order valence-electron chi connectivity index (χ4n) is 1.69. The summed E-state index contributed by atoms with van der Waals surface area (Å²) in [5.41, 5.74) is 0.784. The van der Waals surface area contributed by atoms with Gasteiger partial charge in [0.05, 0.1) is 5.75 Å². The van der Waals surface area contributed by atoms with Gasteiger partial charge < -0.3 is 10.6 Å². The molecule has 0 aliphatic heterocycles. The van der Waals surface area contributed by atoms with E-state index in [1.807, 2.05) is 30.3 Å². The van der Waals surface area contributed by atoms with E-state index in [0.29, 0.717) is 16.9 Å². The van der Waals surface area contributed by atoms with Gasteiger partial charge in [0.1, 0.15) is 6.04 Å². The Morgan fingerprint density at radius 2 is 1.76 bits per heavy atom.